The highest BCUT2D eigenvalue weighted by molar-refractivity contribution is 7.27. The van der Waals surface area contributed by atoms with Crippen molar-refractivity contribution in [1.82, 2.24) is 9.13 Å². The van der Waals surface area contributed by atoms with Gasteiger partial charge in [-0.3, -0.25) is 0 Å². The number of para-hydroxylation sites is 2. The second-order valence-electron chi connectivity index (χ2n) is 15.4. The average Bonchev–Trinajstić information content (AvgIpc) is 3.97. The van der Waals surface area contributed by atoms with Crippen molar-refractivity contribution in [2.24, 2.45) is 0 Å². The van der Waals surface area contributed by atoms with E-state index in [1.807, 2.05) is 11.3 Å². The summed E-state index contributed by atoms with van der Waals surface area (Å²) in [7, 11) is 0. The van der Waals surface area contributed by atoms with Gasteiger partial charge in [0.25, 0.3) is 0 Å². The Balaban J connectivity index is 1.38. The molecule has 0 spiro atoms. The highest BCUT2D eigenvalue weighted by Crippen LogP contribution is 2.50. The van der Waals surface area contributed by atoms with E-state index in [1.54, 1.807) is 11.3 Å². The first-order valence-corrected chi connectivity index (χ1v) is 20.8. The summed E-state index contributed by atoms with van der Waals surface area (Å²) in [4.78, 5) is 0. The van der Waals surface area contributed by atoms with Gasteiger partial charge in [-0.1, -0.05) is 125 Å². The third-order valence-corrected chi connectivity index (χ3v) is 14.1. The lowest BCUT2D eigenvalue weighted by atomic mass is 9.83. The fourth-order valence-corrected chi connectivity index (χ4v) is 12.0. The van der Waals surface area contributed by atoms with Crippen molar-refractivity contribution >= 4 is 107 Å². The fraction of sp³-hybridized carbons (Fsp3) is 0.120. The van der Waals surface area contributed by atoms with Crippen LogP contribution in [0.2, 0.25) is 0 Å². The molecule has 11 aromatic rings. The minimum absolute atomic E-state index is 0.0427. The molecule has 0 saturated carbocycles. The number of rotatable bonds is 4. The zero-order valence-electron chi connectivity index (χ0n) is 31.3. The molecule has 0 aliphatic rings. The van der Waals surface area contributed by atoms with E-state index in [4.69, 9.17) is 0 Å². The number of thiophene rings is 2. The van der Waals surface area contributed by atoms with Crippen LogP contribution >= 0.6 is 22.7 Å². The maximum Gasteiger partial charge on any atom is 0.102 e. The van der Waals surface area contributed by atoms with E-state index in [0.29, 0.717) is 16.8 Å². The van der Waals surface area contributed by atoms with Crippen LogP contribution in [-0.2, 0) is 0 Å². The Kier molecular flexibility index (Phi) is 7.08. The molecule has 6 heteroatoms. The highest BCUT2D eigenvalue weighted by Gasteiger charge is 2.33. The molecule has 0 radical (unpaired) electrons. The summed E-state index contributed by atoms with van der Waals surface area (Å²) < 4.78 is 9.49. The van der Waals surface area contributed by atoms with Crippen molar-refractivity contribution in [2.75, 3.05) is 0 Å². The van der Waals surface area contributed by atoms with Gasteiger partial charge in [0.1, 0.15) is 12.1 Å². The predicted molar refractivity (Wildman–Crippen MR) is 239 cm³/mol. The minimum Gasteiger partial charge on any atom is -0.307 e. The van der Waals surface area contributed by atoms with Gasteiger partial charge in [-0.25, -0.2) is 0 Å². The number of aromatic nitrogens is 2. The van der Waals surface area contributed by atoms with Gasteiger partial charge < -0.3 is 9.13 Å². The molecule has 0 bridgehead atoms. The van der Waals surface area contributed by atoms with Gasteiger partial charge in [-0.2, -0.15) is 10.5 Å². The standard InChI is InChI=1S/C50H34N4S2/c1-27(2)43-37(25-51)45(53-39-17-9-5-13-29(39)33-21-23-35-31-15-7-11-19-41(31)55-49(35)46(33)53)38(26-52)44(28(3)4)48(43)54-40-18-10-6-14-30(40)34-22-24-36-32-16-8-12-20-42(32)56-50(36)47(34)54/h5-24,27-28H,1-4H3. The maximum atomic E-state index is 11.6. The molecule has 7 aromatic carbocycles. The van der Waals surface area contributed by atoms with E-state index in [1.165, 1.54) is 41.0 Å². The van der Waals surface area contributed by atoms with Gasteiger partial charge >= 0.3 is 0 Å². The number of hydrogen-bond acceptors (Lipinski definition) is 4. The molecule has 0 atom stereocenters. The van der Waals surface area contributed by atoms with Gasteiger partial charge in [0, 0.05) is 52.5 Å². The summed E-state index contributed by atoms with van der Waals surface area (Å²) in [5.41, 5.74) is 8.86. The van der Waals surface area contributed by atoms with Crippen LogP contribution in [0.25, 0.3) is 95.3 Å². The van der Waals surface area contributed by atoms with Crippen LogP contribution in [0.4, 0.5) is 0 Å². The summed E-state index contributed by atoms with van der Waals surface area (Å²) >= 11 is 3.60. The molecule has 4 aromatic heterocycles. The Morgan fingerprint density at radius 1 is 0.429 bits per heavy atom. The Hall–Kier alpha value is -6.44. The largest absolute Gasteiger partial charge is 0.307 e. The number of benzene rings is 7. The van der Waals surface area contributed by atoms with Crippen LogP contribution < -0.4 is 0 Å². The summed E-state index contributed by atoms with van der Waals surface area (Å²) in [6.45, 7) is 8.77. The number of fused-ring (bicyclic) bond motifs is 14. The molecule has 4 heterocycles. The van der Waals surface area contributed by atoms with Crippen molar-refractivity contribution in [1.29, 1.82) is 10.5 Å². The Morgan fingerprint density at radius 2 is 0.804 bits per heavy atom. The third kappa shape index (κ3) is 4.26. The summed E-state index contributed by atoms with van der Waals surface area (Å²) in [6, 6.07) is 48.8. The SMILES string of the molecule is CC(C)c1c(C#N)c(-n2c3ccccc3c3ccc4c5ccccc5sc4c32)c(C#N)c(C(C)C)c1-n1c2ccccc2c2ccc3c4ccccc4sc3c21. The molecule has 0 N–H and O–H groups in total. The third-order valence-electron chi connectivity index (χ3n) is 11.7. The summed E-state index contributed by atoms with van der Waals surface area (Å²) in [6.07, 6.45) is 0. The molecule has 0 saturated heterocycles. The van der Waals surface area contributed by atoms with E-state index >= 15 is 0 Å². The van der Waals surface area contributed by atoms with Crippen molar-refractivity contribution < 1.29 is 0 Å². The van der Waals surface area contributed by atoms with Crippen LogP contribution in [0.15, 0.2) is 121 Å². The molecule has 11 rings (SSSR count). The highest BCUT2D eigenvalue weighted by atomic mass is 32.1. The summed E-state index contributed by atoms with van der Waals surface area (Å²) in [5, 5.41) is 32.6. The number of nitrogens with zero attached hydrogens (tertiary/aromatic N) is 4. The molecular weight excluding hydrogens is 721 g/mol. The van der Waals surface area contributed by atoms with Crippen molar-refractivity contribution in [3.8, 4) is 23.5 Å². The Bertz CT molecular complexity index is 3530. The molecule has 0 unspecified atom stereocenters. The van der Waals surface area contributed by atoms with E-state index in [2.05, 4.69) is 170 Å². The smallest absolute Gasteiger partial charge is 0.102 e. The fourth-order valence-electron chi connectivity index (χ4n) is 9.50. The van der Waals surface area contributed by atoms with Crippen molar-refractivity contribution in [2.45, 2.75) is 39.5 Å². The predicted octanol–water partition coefficient (Wildman–Crippen LogP) is 14.6. The van der Waals surface area contributed by atoms with E-state index in [-0.39, 0.29) is 11.8 Å². The lowest BCUT2D eigenvalue weighted by Gasteiger charge is -2.28. The Morgan fingerprint density at radius 3 is 1.23 bits per heavy atom. The normalized spacial score (nSPS) is 12.2. The van der Waals surface area contributed by atoms with Crippen LogP contribution in [0.5, 0.6) is 0 Å². The van der Waals surface area contributed by atoms with Crippen LogP contribution in [-0.4, -0.2) is 9.13 Å². The van der Waals surface area contributed by atoms with Crippen LogP contribution in [0, 0.1) is 22.7 Å². The molecule has 266 valence electrons. The molecule has 56 heavy (non-hydrogen) atoms. The van der Waals surface area contributed by atoms with E-state index in [9.17, 15) is 10.5 Å². The molecule has 4 nitrogen and oxygen atoms in total. The summed E-state index contributed by atoms with van der Waals surface area (Å²) in [5.74, 6) is -0.0854. The quantitative estimate of drug-likeness (QED) is 0.180. The first kappa shape index (κ1) is 32.9. The minimum atomic E-state index is -0.0427. The molecular formula is C50H34N4S2. The second kappa shape index (κ2) is 12.0. The van der Waals surface area contributed by atoms with Gasteiger partial charge in [-0.15, -0.1) is 22.7 Å². The molecule has 0 fully saturated rings. The van der Waals surface area contributed by atoms with E-state index in [0.717, 1.165) is 59.7 Å². The monoisotopic (exact) mass is 754 g/mol. The van der Waals surface area contributed by atoms with Crippen LogP contribution in [0.1, 0.15) is 61.8 Å². The average molecular weight is 755 g/mol. The molecule has 0 aliphatic heterocycles. The van der Waals surface area contributed by atoms with Crippen LogP contribution in [0.3, 0.4) is 0 Å². The second-order valence-corrected chi connectivity index (χ2v) is 17.5. The first-order valence-electron chi connectivity index (χ1n) is 19.1. The topological polar surface area (TPSA) is 57.4 Å². The van der Waals surface area contributed by atoms with Crippen molar-refractivity contribution in [3.05, 3.63) is 144 Å². The molecule has 0 aliphatic carbocycles. The zero-order valence-corrected chi connectivity index (χ0v) is 32.9. The number of hydrogen-bond donors (Lipinski definition) is 0. The van der Waals surface area contributed by atoms with Gasteiger partial charge in [0.05, 0.1) is 54.0 Å². The lowest BCUT2D eigenvalue weighted by Crippen LogP contribution is -2.16. The Labute approximate surface area is 331 Å². The zero-order chi connectivity index (χ0) is 38.0. The lowest BCUT2D eigenvalue weighted by molar-refractivity contribution is 0.806. The van der Waals surface area contributed by atoms with Gasteiger partial charge in [-0.05, 0) is 47.2 Å². The molecule has 0 amide bonds. The van der Waals surface area contributed by atoms with Gasteiger partial charge in [0.2, 0.25) is 0 Å². The maximum absolute atomic E-state index is 11.6. The van der Waals surface area contributed by atoms with Gasteiger partial charge in [0.15, 0.2) is 0 Å². The van der Waals surface area contributed by atoms with E-state index < -0.39 is 0 Å². The van der Waals surface area contributed by atoms with Crippen molar-refractivity contribution in [3.63, 3.8) is 0 Å². The first-order chi connectivity index (χ1) is 27.4. The number of nitriles is 2.